The van der Waals surface area contributed by atoms with Crippen LogP contribution in [0.5, 0.6) is 0 Å². The van der Waals surface area contributed by atoms with Gasteiger partial charge in [0.2, 0.25) is 5.76 Å². The number of unbranched alkanes of at least 4 members (excludes halogenated alkanes) is 5. The zero-order chi connectivity index (χ0) is 16.8. The van der Waals surface area contributed by atoms with Gasteiger partial charge in [0.1, 0.15) is 0 Å². The van der Waals surface area contributed by atoms with Crippen molar-refractivity contribution < 1.29 is 28.6 Å². The molecule has 6 heteroatoms. The molecule has 0 aromatic heterocycles. The SMILES string of the molecule is CCCCCCC/C=C(/OC(=O)C(=O)OCC)C(=O)OCC. The van der Waals surface area contributed by atoms with Crippen LogP contribution in [0, 0.1) is 0 Å². The van der Waals surface area contributed by atoms with E-state index in [1.807, 2.05) is 0 Å². The summed E-state index contributed by atoms with van der Waals surface area (Å²) in [5.41, 5.74) is 0. The van der Waals surface area contributed by atoms with Crippen molar-refractivity contribution >= 4 is 17.9 Å². The lowest BCUT2D eigenvalue weighted by Crippen LogP contribution is -2.23. The number of carbonyl (C=O) groups is 3. The largest absolute Gasteiger partial charge is 0.460 e. The van der Waals surface area contributed by atoms with Crippen molar-refractivity contribution in [1.29, 1.82) is 0 Å². The topological polar surface area (TPSA) is 78.9 Å². The summed E-state index contributed by atoms with van der Waals surface area (Å²) in [6, 6.07) is 0. The first-order valence-corrected chi connectivity index (χ1v) is 7.82. The molecule has 0 radical (unpaired) electrons. The Morgan fingerprint density at radius 1 is 0.773 bits per heavy atom. The lowest BCUT2D eigenvalue weighted by molar-refractivity contribution is -0.167. The molecule has 0 atom stereocenters. The molecule has 0 amide bonds. The van der Waals surface area contributed by atoms with E-state index in [4.69, 9.17) is 9.47 Å². The predicted octanol–water partition coefficient (Wildman–Crippen LogP) is 2.90. The lowest BCUT2D eigenvalue weighted by Gasteiger charge is -2.07. The Kier molecular flexibility index (Phi) is 11.8. The van der Waals surface area contributed by atoms with Crippen molar-refractivity contribution in [2.45, 2.75) is 59.3 Å². The van der Waals surface area contributed by atoms with Gasteiger partial charge >= 0.3 is 17.9 Å². The number of carbonyl (C=O) groups excluding carboxylic acids is 3. The van der Waals surface area contributed by atoms with Crippen molar-refractivity contribution in [3.05, 3.63) is 11.8 Å². The molecule has 0 aromatic carbocycles. The number of rotatable bonds is 10. The summed E-state index contributed by atoms with van der Waals surface area (Å²) in [4.78, 5) is 34.4. The second kappa shape index (κ2) is 12.9. The molecular formula is C16H26O6. The zero-order valence-electron chi connectivity index (χ0n) is 13.7. The maximum Gasteiger partial charge on any atom is 0.423 e. The van der Waals surface area contributed by atoms with E-state index < -0.39 is 17.9 Å². The fraction of sp³-hybridized carbons (Fsp3) is 0.688. The van der Waals surface area contributed by atoms with E-state index in [0.717, 1.165) is 25.7 Å². The summed E-state index contributed by atoms with van der Waals surface area (Å²) in [7, 11) is 0. The molecule has 6 nitrogen and oxygen atoms in total. The Balaban J connectivity index is 4.52. The van der Waals surface area contributed by atoms with E-state index in [-0.39, 0.29) is 19.0 Å². The first-order valence-electron chi connectivity index (χ1n) is 7.82. The van der Waals surface area contributed by atoms with Crippen LogP contribution in [0.3, 0.4) is 0 Å². The van der Waals surface area contributed by atoms with Gasteiger partial charge in [-0.3, -0.25) is 0 Å². The van der Waals surface area contributed by atoms with Crippen LogP contribution in [0.15, 0.2) is 11.8 Å². The molecular weight excluding hydrogens is 288 g/mol. The van der Waals surface area contributed by atoms with Gasteiger partial charge in [-0.2, -0.15) is 0 Å². The Labute approximate surface area is 131 Å². The smallest absolute Gasteiger partial charge is 0.423 e. The molecule has 22 heavy (non-hydrogen) atoms. The number of hydrogen-bond acceptors (Lipinski definition) is 6. The first kappa shape index (κ1) is 20.1. The van der Waals surface area contributed by atoms with Gasteiger partial charge in [-0.15, -0.1) is 0 Å². The third-order valence-corrected chi connectivity index (χ3v) is 2.76. The number of allylic oxidation sites excluding steroid dienone is 1. The van der Waals surface area contributed by atoms with Gasteiger partial charge in [0, 0.05) is 0 Å². The van der Waals surface area contributed by atoms with Crippen LogP contribution >= 0.6 is 0 Å². The van der Waals surface area contributed by atoms with E-state index in [1.54, 1.807) is 13.8 Å². The van der Waals surface area contributed by atoms with Gasteiger partial charge in [0.25, 0.3) is 0 Å². The van der Waals surface area contributed by atoms with Gasteiger partial charge in [-0.25, -0.2) is 14.4 Å². The maximum atomic E-state index is 11.7. The molecule has 0 unspecified atom stereocenters. The highest BCUT2D eigenvalue weighted by Crippen LogP contribution is 2.10. The molecule has 0 aromatic rings. The van der Waals surface area contributed by atoms with E-state index in [9.17, 15) is 14.4 Å². The van der Waals surface area contributed by atoms with Crippen LogP contribution in [0.2, 0.25) is 0 Å². The van der Waals surface area contributed by atoms with Crippen molar-refractivity contribution in [2.24, 2.45) is 0 Å². The monoisotopic (exact) mass is 314 g/mol. The Bertz CT molecular complexity index is 386. The minimum atomic E-state index is -1.22. The lowest BCUT2D eigenvalue weighted by atomic mass is 10.1. The average Bonchev–Trinajstić information content (AvgIpc) is 2.49. The highest BCUT2D eigenvalue weighted by Gasteiger charge is 2.23. The summed E-state index contributed by atoms with van der Waals surface area (Å²) < 4.78 is 14.1. The normalized spacial score (nSPS) is 11.0. The minimum absolute atomic E-state index is 0.0593. The van der Waals surface area contributed by atoms with Crippen LogP contribution in [0.25, 0.3) is 0 Å². The standard InChI is InChI=1S/C16H26O6/c1-4-7-8-9-10-11-12-13(14(17)20-5-2)22-16(19)15(18)21-6-3/h12H,4-11H2,1-3H3/b13-12+. The molecule has 0 rings (SSSR count). The quantitative estimate of drug-likeness (QED) is 0.154. The summed E-state index contributed by atoms with van der Waals surface area (Å²) in [6.07, 6.45) is 7.43. The van der Waals surface area contributed by atoms with Crippen LogP contribution in [0.4, 0.5) is 0 Å². The minimum Gasteiger partial charge on any atom is -0.460 e. The molecule has 0 fully saturated rings. The first-order chi connectivity index (χ1) is 10.6. The molecule has 0 N–H and O–H groups in total. The molecule has 126 valence electrons. The fourth-order valence-corrected chi connectivity index (χ4v) is 1.68. The molecule has 0 saturated carbocycles. The third-order valence-electron chi connectivity index (χ3n) is 2.76. The molecule has 0 bridgehead atoms. The average molecular weight is 314 g/mol. The van der Waals surface area contributed by atoms with Gasteiger partial charge in [0.05, 0.1) is 13.2 Å². The Morgan fingerprint density at radius 2 is 1.36 bits per heavy atom. The predicted molar refractivity (Wildman–Crippen MR) is 80.8 cm³/mol. The van der Waals surface area contributed by atoms with E-state index in [2.05, 4.69) is 11.7 Å². The molecule has 0 aliphatic heterocycles. The molecule has 0 aliphatic rings. The summed E-state index contributed by atoms with van der Waals surface area (Å²) in [6.45, 7) is 5.57. The van der Waals surface area contributed by atoms with Crippen LogP contribution < -0.4 is 0 Å². The van der Waals surface area contributed by atoms with Crippen LogP contribution in [0.1, 0.15) is 59.3 Å². The van der Waals surface area contributed by atoms with E-state index in [0.29, 0.717) is 6.42 Å². The maximum absolute atomic E-state index is 11.7. The van der Waals surface area contributed by atoms with Gasteiger partial charge in [-0.1, -0.05) is 32.6 Å². The second-order valence-corrected chi connectivity index (χ2v) is 4.60. The van der Waals surface area contributed by atoms with Crippen molar-refractivity contribution in [2.75, 3.05) is 13.2 Å². The number of hydrogen-bond donors (Lipinski definition) is 0. The summed E-state index contributed by atoms with van der Waals surface area (Å²) in [5, 5.41) is 0. The molecule has 0 saturated heterocycles. The van der Waals surface area contributed by atoms with Gasteiger partial charge < -0.3 is 14.2 Å². The number of ether oxygens (including phenoxy) is 3. The third kappa shape index (κ3) is 9.15. The molecule has 0 spiro atoms. The van der Waals surface area contributed by atoms with Crippen molar-refractivity contribution in [1.82, 2.24) is 0 Å². The highest BCUT2D eigenvalue weighted by atomic mass is 16.6. The Morgan fingerprint density at radius 3 is 1.95 bits per heavy atom. The molecule has 0 aliphatic carbocycles. The second-order valence-electron chi connectivity index (χ2n) is 4.60. The summed E-state index contributed by atoms with van der Waals surface area (Å²) in [5.74, 6) is -3.35. The fourth-order valence-electron chi connectivity index (χ4n) is 1.68. The summed E-state index contributed by atoms with van der Waals surface area (Å²) >= 11 is 0. The Hall–Kier alpha value is -1.85. The van der Waals surface area contributed by atoms with Crippen molar-refractivity contribution in [3.63, 3.8) is 0 Å². The van der Waals surface area contributed by atoms with Gasteiger partial charge in [0.15, 0.2) is 0 Å². The van der Waals surface area contributed by atoms with E-state index in [1.165, 1.54) is 12.5 Å². The molecule has 0 heterocycles. The van der Waals surface area contributed by atoms with Crippen LogP contribution in [-0.4, -0.2) is 31.1 Å². The highest BCUT2D eigenvalue weighted by molar-refractivity contribution is 6.30. The van der Waals surface area contributed by atoms with Gasteiger partial charge in [-0.05, 0) is 32.8 Å². The number of esters is 3. The van der Waals surface area contributed by atoms with Crippen molar-refractivity contribution in [3.8, 4) is 0 Å². The van der Waals surface area contributed by atoms with Crippen LogP contribution in [-0.2, 0) is 28.6 Å². The van der Waals surface area contributed by atoms with E-state index >= 15 is 0 Å². The zero-order valence-corrected chi connectivity index (χ0v) is 13.7.